The fourth-order valence-corrected chi connectivity index (χ4v) is 3.59. The first-order valence-corrected chi connectivity index (χ1v) is 7.18. The fraction of sp³-hybridized carbons (Fsp3) is 0.364. The summed E-state index contributed by atoms with van der Waals surface area (Å²) < 4.78 is 26.3. The number of nitrogens with one attached hydrogen (secondary N) is 1. The van der Waals surface area contributed by atoms with Crippen molar-refractivity contribution in [2.24, 2.45) is 0 Å². The standard InChI is InChI=1S/C11H16N4O2S/c1-3-15(4-2)18(16,17)10-6-5-9(12)11-8(10)7-13-14-11/h5-7H,3-4,12H2,1-2H3,(H,13,14). The minimum absolute atomic E-state index is 0.240. The van der Waals surface area contributed by atoms with E-state index < -0.39 is 10.0 Å². The summed E-state index contributed by atoms with van der Waals surface area (Å²) in [5.41, 5.74) is 6.82. The first-order chi connectivity index (χ1) is 8.52. The van der Waals surface area contributed by atoms with Gasteiger partial charge < -0.3 is 5.73 Å². The van der Waals surface area contributed by atoms with E-state index >= 15 is 0 Å². The highest BCUT2D eigenvalue weighted by molar-refractivity contribution is 7.89. The van der Waals surface area contributed by atoms with E-state index in [0.29, 0.717) is 29.7 Å². The molecule has 0 spiro atoms. The molecule has 0 aliphatic carbocycles. The molecule has 18 heavy (non-hydrogen) atoms. The third-order valence-electron chi connectivity index (χ3n) is 2.93. The Hall–Kier alpha value is -1.60. The van der Waals surface area contributed by atoms with Gasteiger partial charge >= 0.3 is 0 Å². The van der Waals surface area contributed by atoms with Crippen LogP contribution in [0.1, 0.15) is 13.8 Å². The van der Waals surface area contributed by atoms with Crippen LogP contribution in [0.2, 0.25) is 0 Å². The predicted octanol–water partition coefficient (Wildman–Crippen LogP) is 1.18. The molecule has 0 bridgehead atoms. The van der Waals surface area contributed by atoms with Crippen LogP contribution in [0.25, 0.3) is 10.9 Å². The molecule has 7 heteroatoms. The Balaban J connectivity index is 2.68. The van der Waals surface area contributed by atoms with Gasteiger partial charge in [0.25, 0.3) is 0 Å². The topological polar surface area (TPSA) is 92.1 Å². The Bertz CT molecular complexity index is 659. The maximum Gasteiger partial charge on any atom is 0.243 e. The highest BCUT2D eigenvalue weighted by Crippen LogP contribution is 2.27. The van der Waals surface area contributed by atoms with Gasteiger partial charge in [-0.1, -0.05) is 13.8 Å². The van der Waals surface area contributed by atoms with Crippen molar-refractivity contribution in [2.45, 2.75) is 18.7 Å². The summed E-state index contributed by atoms with van der Waals surface area (Å²) in [4.78, 5) is 0.240. The third-order valence-corrected chi connectivity index (χ3v) is 5.04. The number of nitrogens with zero attached hydrogens (tertiary/aromatic N) is 2. The van der Waals surface area contributed by atoms with Crippen LogP contribution in [0.3, 0.4) is 0 Å². The normalized spacial score (nSPS) is 12.4. The molecule has 0 atom stereocenters. The molecule has 0 amide bonds. The van der Waals surface area contributed by atoms with Crippen molar-refractivity contribution in [1.82, 2.24) is 14.5 Å². The van der Waals surface area contributed by atoms with Crippen LogP contribution in [-0.4, -0.2) is 36.0 Å². The number of H-pyrrole nitrogens is 1. The smallest absolute Gasteiger partial charge is 0.243 e. The molecule has 3 N–H and O–H groups in total. The van der Waals surface area contributed by atoms with Crippen molar-refractivity contribution < 1.29 is 8.42 Å². The van der Waals surface area contributed by atoms with Gasteiger partial charge in [-0.2, -0.15) is 9.40 Å². The summed E-state index contributed by atoms with van der Waals surface area (Å²) in [7, 11) is -3.50. The van der Waals surface area contributed by atoms with Crippen LogP contribution >= 0.6 is 0 Å². The van der Waals surface area contributed by atoms with Gasteiger partial charge in [0.1, 0.15) is 0 Å². The van der Waals surface area contributed by atoms with E-state index in [4.69, 9.17) is 5.73 Å². The summed E-state index contributed by atoms with van der Waals surface area (Å²) in [5.74, 6) is 0. The molecule has 98 valence electrons. The number of sulfonamides is 1. The molecule has 0 saturated heterocycles. The summed E-state index contributed by atoms with van der Waals surface area (Å²) >= 11 is 0. The second-order valence-electron chi connectivity index (χ2n) is 3.90. The van der Waals surface area contributed by atoms with Gasteiger partial charge in [0.2, 0.25) is 10.0 Å². The molecule has 1 heterocycles. The van der Waals surface area contributed by atoms with Crippen LogP contribution in [0, 0.1) is 0 Å². The number of benzene rings is 1. The average Bonchev–Trinajstić information content (AvgIpc) is 2.80. The van der Waals surface area contributed by atoms with Crippen molar-refractivity contribution in [3.05, 3.63) is 18.3 Å². The molecule has 0 unspecified atom stereocenters. The van der Waals surface area contributed by atoms with E-state index in [2.05, 4.69) is 10.2 Å². The number of aromatic amines is 1. The van der Waals surface area contributed by atoms with Crippen molar-refractivity contribution in [3.63, 3.8) is 0 Å². The van der Waals surface area contributed by atoms with E-state index in [-0.39, 0.29) is 4.90 Å². The molecule has 1 aromatic heterocycles. The molecule has 0 fully saturated rings. The van der Waals surface area contributed by atoms with Crippen LogP contribution in [0.15, 0.2) is 23.2 Å². The summed E-state index contributed by atoms with van der Waals surface area (Å²) in [6.07, 6.45) is 1.49. The number of nitrogens with two attached hydrogens (primary N) is 1. The Morgan fingerprint density at radius 2 is 2.00 bits per heavy atom. The minimum atomic E-state index is -3.50. The number of anilines is 1. The molecule has 2 aromatic rings. The Labute approximate surface area is 106 Å². The lowest BCUT2D eigenvalue weighted by Crippen LogP contribution is -2.30. The van der Waals surface area contributed by atoms with Gasteiger partial charge in [-0.3, -0.25) is 5.10 Å². The molecule has 0 saturated carbocycles. The summed E-state index contributed by atoms with van der Waals surface area (Å²) in [6, 6.07) is 3.11. The second-order valence-corrected chi connectivity index (χ2v) is 5.81. The predicted molar refractivity (Wildman–Crippen MR) is 70.6 cm³/mol. The van der Waals surface area contributed by atoms with Gasteiger partial charge in [0.05, 0.1) is 22.3 Å². The number of hydrogen-bond acceptors (Lipinski definition) is 4. The Kier molecular flexibility index (Phi) is 3.27. The highest BCUT2D eigenvalue weighted by Gasteiger charge is 2.24. The first-order valence-electron chi connectivity index (χ1n) is 5.74. The van der Waals surface area contributed by atoms with Gasteiger partial charge in [-0.15, -0.1) is 0 Å². The molecule has 2 rings (SSSR count). The average molecular weight is 268 g/mol. The van der Waals surface area contributed by atoms with Crippen LogP contribution in [0.4, 0.5) is 5.69 Å². The Morgan fingerprint density at radius 3 is 2.61 bits per heavy atom. The van der Waals surface area contributed by atoms with E-state index in [0.717, 1.165) is 0 Å². The van der Waals surface area contributed by atoms with Gasteiger partial charge in [-0.25, -0.2) is 8.42 Å². The lowest BCUT2D eigenvalue weighted by molar-refractivity contribution is 0.446. The van der Waals surface area contributed by atoms with E-state index in [9.17, 15) is 8.42 Å². The third kappa shape index (κ3) is 1.85. The number of aromatic nitrogens is 2. The lowest BCUT2D eigenvalue weighted by atomic mass is 10.2. The molecule has 6 nitrogen and oxygen atoms in total. The number of nitrogen functional groups attached to an aromatic ring is 1. The van der Waals surface area contributed by atoms with Crippen molar-refractivity contribution in [2.75, 3.05) is 18.8 Å². The van der Waals surface area contributed by atoms with E-state index in [1.54, 1.807) is 6.07 Å². The van der Waals surface area contributed by atoms with E-state index in [1.807, 2.05) is 13.8 Å². The SMILES string of the molecule is CCN(CC)S(=O)(=O)c1ccc(N)c2[nH]ncc12. The van der Waals surface area contributed by atoms with Crippen LogP contribution in [0.5, 0.6) is 0 Å². The van der Waals surface area contributed by atoms with Crippen molar-refractivity contribution >= 4 is 26.6 Å². The fourth-order valence-electron chi connectivity index (χ4n) is 1.96. The summed E-state index contributed by atoms with van der Waals surface area (Å²) in [5, 5.41) is 7.11. The molecule has 0 aliphatic heterocycles. The largest absolute Gasteiger partial charge is 0.397 e. The maximum absolute atomic E-state index is 12.5. The summed E-state index contributed by atoms with van der Waals surface area (Å²) in [6.45, 7) is 4.49. The molecule has 0 radical (unpaired) electrons. The van der Waals surface area contributed by atoms with E-state index in [1.165, 1.54) is 16.6 Å². The van der Waals surface area contributed by atoms with Crippen molar-refractivity contribution in [3.8, 4) is 0 Å². The minimum Gasteiger partial charge on any atom is -0.397 e. The molecule has 1 aromatic carbocycles. The maximum atomic E-state index is 12.5. The number of rotatable bonds is 4. The zero-order chi connectivity index (χ0) is 13.3. The Morgan fingerprint density at radius 1 is 1.33 bits per heavy atom. The molecular formula is C11H16N4O2S. The van der Waals surface area contributed by atoms with Crippen molar-refractivity contribution in [1.29, 1.82) is 0 Å². The van der Waals surface area contributed by atoms with Gasteiger partial charge in [0.15, 0.2) is 0 Å². The quantitative estimate of drug-likeness (QED) is 0.814. The van der Waals surface area contributed by atoms with Crippen LogP contribution in [-0.2, 0) is 10.0 Å². The molecular weight excluding hydrogens is 252 g/mol. The van der Waals surface area contributed by atoms with Gasteiger partial charge in [0, 0.05) is 18.5 Å². The molecule has 0 aliphatic rings. The van der Waals surface area contributed by atoms with Crippen LogP contribution < -0.4 is 5.73 Å². The number of fused-ring (bicyclic) bond motifs is 1. The lowest BCUT2D eigenvalue weighted by Gasteiger charge is -2.19. The zero-order valence-corrected chi connectivity index (χ0v) is 11.2. The monoisotopic (exact) mass is 268 g/mol. The zero-order valence-electron chi connectivity index (χ0n) is 10.3. The number of hydrogen-bond donors (Lipinski definition) is 2. The second kappa shape index (κ2) is 4.58. The van der Waals surface area contributed by atoms with Gasteiger partial charge in [-0.05, 0) is 12.1 Å². The highest BCUT2D eigenvalue weighted by atomic mass is 32.2. The first kappa shape index (κ1) is 12.8.